The van der Waals surface area contributed by atoms with Crippen LogP contribution in [0.25, 0.3) is 0 Å². The lowest BCUT2D eigenvalue weighted by Gasteiger charge is -2.25. The fraction of sp³-hybridized carbons (Fsp3) is 0.727. The van der Waals surface area contributed by atoms with Gasteiger partial charge in [-0.05, 0) is 13.3 Å². The second-order valence-electron chi connectivity index (χ2n) is 4.75. The smallest absolute Gasteiger partial charge is 0.325 e. The molecule has 1 atom stereocenters. The lowest BCUT2D eigenvalue weighted by atomic mass is 9.90. The first-order valence-corrected chi connectivity index (χ1v) is 5.60. The van der Waals surface area contributed by atoms with Gasteiger partial charge in [-0.1, -0.05) is 0 Å². The Labute approximate surface area is 105 Å². The van der Waals surface area contributed by atoms with Crippen molar-refractivity contribution in [2.45, 2.75) is 13.3 Å². The fourth-order valence-corrected chi connectivity index (χ4v) is 1.87. The number of carbonyl (C=O) groups excluding carboxylic acids is 2. The summed E-state index contributed by atoms with van der Waals surface area (Å²) in [5, 5.41) is 9.07. The predicted octanol–water partition coefficient (Wildman–Crippen LogP) is 0.00780. The molecule has 1 aliphatic rings. The third-order valence-electron chi connectivity index (χ3n) is 3.18. The number of carboxylic acids is 1. The second-order valence-corrected chi connectivity index (χ2v) is 4.75. The van der Waals surface area contributed by atoms with Crippen LogP contribution in [0.2, 0.25) is 0 Å². The van der Waals surface area contributed by atoms with E-state index in [1.165, 1.54) is 24.0 Å². The molecule has 1 aliphatic heterocycles. The van der Waals surface area contributed by atoms with Crippen LogP contribution in [0.1, 0.15) is 13.3 Å². The standard InChI is InChI=1S/C11H18N2O5/c1-11(9(15)16)4-5-13(7-11)10(17)12(2)6-8(14)18-3/h4-7H2,1-3H3,(H,15,16). The molecule has 0 aromatic rings. The predicted molar refractivity (Wildman–Crippen MR) is 62.0 cm³/mol. The van der Waals surface area contributed by atoms with Gasteiger partial charge < -0.3 is 19.6 Å². The minimum Gasteiger partial charge on any atom is -0.481 e. The van der Waals surface area contributed by atoms with Gasteiger partial charge in [0.25, 0.3) is 0 Å². The lowest BCUT2D eigenvalue weighted by Crippen LogP contribution is -2.43. The molecular formula is C11H18N2O5. The Bertz CT molecular complexity index is 370. The zero-order valence-electron chi connectivity index (χ0n) is 10.8. The van der Waals surface area contributed by atoms with Gasteiger partial charge in [0, 0.05) is 20.1 Å². The van der Waals surface area contributed by atoms with E-state index in [0.29, 0.717) is 13.0 Å². The van der Waals surface area contributed by atoms with Crippen molar-refractivity contribution < 1.29 is 24.2 Å². The number of carboxylic acid groups (broad SMARTS) is 1. The van der Waals surface area contributed by atoms with Gasteiger partial charge in [0.05, 0.1) is 12.5 Å². The summed E-state index contributed by atoms with van der Waals surface area (Å²) in [6.07, 6.45) is 0.417. The number of methoxy groups -OCH3 is 1. The van der Waals surface area contributed by atoms with Gasteiger partial charge in [-0.3, -0.25) is 9.59 Å². The minimum atomic E-state index is -0.909. The molecule has 1 saturated heterocycles. The number of rotatable bonds is 3. The van der Waals surface area contributed by atoms with Crippen molar-refractivity contribution in [1.29, 1.82) is 0 Å². The number of aliphatic carboxylic acids is 1. The topological polar surface area (TPSA) is 87.2 Å². The van der Waals surface area contributed by atoms with Gasteiger partial charge in [-0.15, -0.1) is 0 Å². The number of esters is 1. The SMILES string of the molecule is COC(=O)CN(C)C(=O)N1CCC(C)(C(=O)O)C1. The Hall–Kier alpha value is -1.79. The summed E-state index contributed by atoms with van der Waals surface area (Å²) in [4.78, 5) is 36.7. The first-order valence-electron chi connectivity index (χ1n) is 5.60. The summed E-state index contributed by atoms with van der Waals surface area (Å²) in [7, 11) is 2.73. The van der Waals surface area contributed by atoms with E-state index in [2.05, 4.69) is 4.74 Å². The van der Waals surface area contributed by atoms with E-state index >= 15 is 0 Å². The molecular weight excluding hydrogens is 240 g/mol. The molecule has 102 valence electrons. The van der Waals surface area contributed by atoms with Gasteiger partial charge in [-0.2, -0.15) is 0 Å². The molecule has 2 amide bonds. The van der Waals surface area contributed by atoms with E-state index in [1.807, 2.05) is 0 Å². The largest absolute Gasteiger partial charge is 0.481 e. The van der Waals surface area contributed by atoms with Crippen LogP contribution < -0.4 is 0 Å². The average molecular weight is 258 g/mol. The van der Waals surface area contributed by atoms with Crippen molar-refractivity contribution in [3.8, 4) is 0 Å². The lowest BCUT2D eigenvalue weighted by molar-refractivity contribution is -0.147. The number of urea groups is 1. The number of carbonyl (C=O) groups is 3. The monoisotopic (exact) mass is 258 g/mol. The zero-order chi connectivity index (χ0) is 13.9. The summed E-state index contributed by atoms with van der Waals surface area (Å²) >= 11 is 0. The van der Waals surface area contributed by atoms with Crippen LogP contribution >= 0.6 is 0 Å². The van der Waals surface area contributed by atoms with Crippen LogP contribution in [0.5, 0.6) is 0 Å². The maximum atomic E-state index is 12.0. The van der Waals surface area contributed by atoms with E-state index in [9.17, 15) is 14.4 Å². The van der Waals surface area contributed by atoms with Crippen molar-refractivity contribution in [1.82, 2.24) is 9.80 Å². The van der Waals surface area contributed by atoms with E-state index < -0.39 is 17.4 Å². The van der Waals surface area contributed by atoms with Crippen LogP contribution in [0.4, 0.5) is 4.79 Å². The van der Waals surface area contributed by atoms with Gasteiger partial charge in [-0.25, -0.2) is 4.79 Å². The molecule has 1 rings (SSSR count). The highest BCUT2D eigenvalue weighted by Gasteiger charge is 2.42. The van der Waals surface area contributed by atoms with Gasteiger partial charge in [0.1, 0.15) is 6.54 Å². The van der Waals surface area contributed by atoms with Crippen LogP contribution in [0.15, 0.2) is 0 Å². The van der Waals surface area contributed by atoms with Crippen LogP contribution in [0, 0.1) is 5.41 Å². The third kappa shape index (κ3) is 2.91. The molecule has 0 spiro atoms. The number of hydrogen-bond acceptors (Lipinski definition) is 4. The minimum absolute atomic E-state index is 0.143. The molecule has 1 fully saturated rings. The van der Waals surface area contributed by atoms with Crippen molar-refractivity contribution >= 4 is 18.0 Å². The van der Waals surface area contributed by atoms with Crippen LogP contribution in [0.3, 0.4) is 0 Å². The Morgan fingerprint density at radius 2 is 2.06 bits per heavy atom. The Kier molecular flexibility index (Phi) is 4.15. The zero-order valence-corrected chi connectivity index (χ0v) is 10.8. The van der Waals surface area contributed by atoms with Crippen molar-refractivity contribution in [3.05, 3.63) is 0 Å². The molecule has 0 aromatic heterocycles. The van der Waals surface area contributed by atoms with E-state index in [4.69, 9.17) is 5.11 Å². The Morgan fingerprint density at radius 1 is 1.44 bits per heavy atom. The van der Waals surface area contributed by atoms with Crippen molar-refractivity contribution in [2.75, 3.05) is 33.8 Å². The highest BCUT2D eigenvalue weighted by molar-refractivity contribution is 5.82. The molecule has 7 nitrogen and oxygen atoms in total. The highest BCUT2D eigenvalue weighted by atomic mass is 16.5. The van der Waals surface area contributed by atoms with E-state index in [1.54, 1.807) is 6.92 Å². The quantitative estimate of drug-likeness (QED) is 0.720. The maximum absolute atomic E-state index is 12.0. The number of likely N-dealkylation sites (tertiary alicyclic amines) is 1. The number of ether oxygens (including phenoxy) is 1. The Morgan fingerprint density at radius 3 is 2.50 bits per heavy atom. The summed E-state index contributed by atoms with van der Waals surface area (Å²) in [6, 6.07) is -0.356. The second kappa shape index (κ2) is 5.24. The number of hydrogen-bond donors (Lipinski definition) is 1. The molecule has 1 heterocycles. The average Bonchev–Trinajstić information content (AvgIpc) is 2.72. The van der Waals surface area contributed by atoms with Crippen LogP contribution in [-0.4, -0.2) is 66.7 Å². The number of nitrogens with zero attached hydrogens (tertiary/aromatic N) is 2. The van der Waals surface area contributed by atoms with E-state index in [0.717, 1.165) is 0 Å². The summed E-state index contributed by atoms with van der Waals surface area (Å²) in [6.45, 7) is 2.01. The maximum Gasteiger partial charge on any atom is 0.325 e. The van der Waals surface area contributed by atoms with Gasteiger partial charge in [0.2, 0.25) is 0 Å². The third-order valence-corrected chi connectivity index (χ3v) is 3.18. The molecule has 7 heteroatoms. The number of likely N-dealkylation sites (N-methyl/N-ethyl adjacent to an activating group) is 1. The first kappa shape index (κ1) is 14.3. The summed E-state index contributed by atoms with van der Waals surface area (Å²) in [5.41, 5.74) is -0.901. The molecule has 0 bridgehead atoms. The Balaban J connectivity index is 2.59. The molecule has 0 aromatic carbocycles. The van der Waals surface area contributed by atoms with E-state index in [-0.39, 0.29) is 19.1 Å². The fourth-order valence-electron chi connectivity index (χ4n) is 1.87. The number of amides is 2. The molecule has 0 saturated carbocycles. The van der Waals surface area contributed by atoms with Gasteiger partial charge >= 0.3 is 18.0 Å². The molecule has 0 aliphatic carbocycles. The summed E-state index contributed by atoms with van der Waals surface area (Å²) < 4.78 is 4.47. The highest BCUT2D eigenvalue weighted by Crippen LogP contribution is 2.30. The van der Waals surface area contributed by atoms with Crippen molar-refractivity contribution in [3.63, 3.8) is 0 Å². The molecule has 1 unspecified atom stereocenters. The first-order chi connectivity index (χ1) is 8.30. The molecule has 18 heavy (non-hydrogen) atoms. The van der Waals surface area contributed by atoms with Crippen molar-refractivity contribution in [2.24, 2.45) is 5.41 Å². The normalized spacial score (nSPS) is 22.7. The molecule has 0 radical (unpaired) electrons. The van der Waals surface area contributed by atoms with Gasteiger partial charge in [0.15, 0.2) is 0 Å². The van der Waals surface area contributed by atoms with Crippen LogP contribution in [-0.2, 0) is 14.3 Å². The summed E-state index contributed by atoms with van der Waals surface area (Å²) in [5.74, 6) is -1.42. The molecule has 1 N–H and O–H groups in total.